The van der Waals surface area contributed by atoms with Crippen molar-refractivity contribution in [2.45, 2.75) is 0 Å². The first-order valence-electron chi connectivity index (χ1n) is 6.62. The fraction of sp³-hybridized carbons (Fsp3) is 0.0556. The molecule has 3 aromatic rings. The fourth-order valence-electron chi connectivity index (χ4n) is 2.25. The molecule has 0 fully saturated rings. The van der Waals surface area contributed by atoms with Gasteiger partial charge in [-0.3, -0.25) is 0 Å². The molecule has 0 N–H and O–H groups in total. The van der Waals surface area contributed by atoms with Gasteiger partial charge in [-0.2, -0.15) is 0 Å². The highest BCUT2D eigenvalue weighted by molar-refractivity contribution is 5.97. The molecule has 0 bridgehead atoms. The number of esters is 1. The molecule has 0 amide bonds. The molecular formula is C18H14O3. The van der Waals surface area contributed by atoms with Gasteiger partial charge in [0, 0.05) is 5.39 Å². The van der Waals surface area contributed by atoms with E-state index in [2.05, 4.69) is 0 Å². The molecule has 3 aromatic carbocycles. The normalized spacial score (nSPS) is 10.3. The topological polar surface area (TPSA) is 35.5 Å². The van der Waals surface area contributed by atoms with Crippen LogP contribution < -0.4 is 9.47 Å². The predicted octanol–water partition coefficient (Wildman–Crippen LogP) is 4.07. The zero-order chi connectivity index (χ0) is 14.7. The summed E-state index contributed by atoms with van der Waals surface area (Å²) < 4.78 is 10.7. The van der Waals surface area contributed by atoms with Crippen molar-refractivity contribution in [3.63, 3.8) is 0 Å². The lowest BCUT2D eigenvalue weighted by atomic mass is 10.1. The van der Waals surface area contributed by atoms with Crippen molar-refractivity contribution in [3.8, 4) is 11.5 Å². The van der Waals surface area contributed by atoms with E-state index in [4.69, 9.17) is 9.47 Å². The second kappa shape index (κ2) is 5.67. The van der Waals surface area contributed by atoms with Crippen LogP contribution in [0.4, 0.5) is 0 Å². The molecule has 0 spiro atoms. The van der Waals surface area contributed by atoms with E-state index >= 15 is 0 Å². The quantitative estimate of drug-likeness (QED) is 0.535. The average Bonchev–Trinajstić information content (AvgIpc) is 2.55. The van der Waals surface area contributed by atoms with Gasteiger partial charge in [-0.15, -0.1) is 0 Å². The van der Waals surface area contributed by atoms with Crippen molar-refractivity contribution in [1.82, 2.24) is 0 Å². The highest BCUT2D eigenvalue weighted by Crippen LogP contribution is 2.27. The van der Waals surface area contributed by atoms with Crippen LogP contribution in [0.25, 0.3) is 10.8 Å². The Morgan fingerprint density at radius 2 is 1.48 bits per heavy atom. The van der Waals surface area contributed by atoms with Crippen LogP contribution in [0.5, 0.6) is 11.5 Å². The Hall–Kier alpha value is -2.81. The van der Waals surface area contributed by atoms with Crippen LogP contribution in [0.1, 0.15) is 10.4 Å². The third kappa shape index (κ3) is 2.58. The molecule has 104 valence electrons. The van der Waals surface area contributed by atoms with Crippen LogP contribution in [0, 0.1) is 0 Å². The fourth-order valence-corrected chi connectivity index (χ4v) is 2.25. The van der Waals surface area contributed by atoms with E-state index < -0.39 is 5.97 Å². The Balaban J connectivity index is 1.97. The lowest BCUT2D eigenvalue weighted by Gasteiger charge is -2.10. The smallest absolute Gasteiger partial charge is 0.347 e. The highest BCUT2D eigenvalue weighted by Gasteiger charge is 2.15. The molecule has 0 heterocycles. The minimum absolute atomic E-state index is 0.410. The van der Waals surface area contributed by atoms with Crippen molar-refractivity contribution in [1.29, 1.82) is 0 Å². The second-order valence-corrected chi connectivity index (χ2v) is 4.57. The minimum atomic E-state index is -0.427. The summed E-state index contributed by atoms with van der Waals surface area (Å²) in [4.78, 5) is 12.3. The van der Waals surface area contributed by atoms with Crippen LogP contribution >= 0.6 is 0 Å². The molecule has 0 radical (unpaired) electrons. The third-order valence-corrected chi connectivity index (χ3v) is 3.28. The molecule has 0 saturated heterocycles. The van der Waals surface area contributed by atoms with Crippen molar-refractivity contribution < 1.29 is 14.3 Å². The van der Waals surface area contributed by atoms with Crippen molar-refractivity contribution in [3.05, 3.63) is 72.3 Å². The zero-order valence-electron chi connectivity index (χ0n) is 11.6. The Morgan fingerprint density at radius 1 is 0.810 bits per heavy atom. The van der Waals surface area contributed by atoms with E-state index in [-0.39, 0.29) is 0 Å². The number of fused-ring (bicyclic) bond motifs is 1. The number of methoxy groups -OCH3 is 1. The molecule has 3 rings (SSSR count). The molecule has 0 aliphatic rings. The van der Waals surface area contributed by atoms with Gasteiger partial charge >= 0.3 is 5.97 Å². The van der Waals surface area contributed by atoms with Crippen LogP contribution in [0.2, 0.25) is 0 Å². The number of rotatable bonds is 3. The molecule has 0 aliphatic heterocycles. The summed E-state index contributed by atoms with van der Waals surface area (Å²) >= 11 is 0. The number of hydrogen-bond acceptors (Lipinski definition) is 3. The Morgan fingerprint density at radius 3 is 2.33 bits per heavy atom. The van der Waals surface area contributed by atoms with E-state index in [1.54, 1.807) is 24.3 Å². The largest absolute Gasteiger partial charge is 0.496 e. The van der Waals surface area contributed by atoms with Crippen molar-refractivity contribution in [2.75, 3.05) is 7.11 Å². The molecule has 3 heteroatoms. The number of ether oxygens (including phenoxy) is 2. The van der Waals surface area contributed by atoms with E-state index in [0.29, 0.717) is 17.1 Å². The lowest BCUT2D eigenvalue weighted by Crippen LogP contribution is -2.10. The van der Waals surface area contributed by atoms with Crippen LogP contribution in [-0.2, 0) is 0 Å². The van der Waals surface area contributed by atoms with Crippen molar-refractivity contribution in [2.24, 2.45) is 0 Å². The number of carbonyl (C=O) groups is 1. The third-order valence-electron chi connectivity index (χ3n) is 3.28. The molecule has 0 atom stereocenters. The number of hydrogen-bond donors (Lipinski definition) is 0. The second-order valence-electron chi connectivity index (χ2n) is 4.57. The first kappa shape index (κ1) is 13.2. The zero-order valence-corrected chi connectivity index (χ0v) is 11.6. The molecule has 21 heavy (non-hydrogen) atoms. The number of benzene rings is 3. The van der Waals surface area contributed by atoms with E-state index in [9.17, 15) is 4.79 Å². The Bertz CT molecular complexity index is 788. The first-order valence-corrected chi connectivity index (χ1v) is 6.62. The van der Waals surface area contributed by atoms with Gasteiger partial charge in [0.05, 0.1) is 7.11 Å². The molecular weight excluding hydrogens is 264 g/mol. The van der Waals surface area contributed by atoms with Crippen LogP contribution in [-0.4, -0.2) is 13.1 Å². The maximum Gasteiger partial charge on any atom is 0.347 e. The summed E-state index contributed by atoms with van der Waals surface area (Å²) in [5, 5.41) is 1.94. The summed E-state index contributed by atoms with van der Waals surface area (Å²) in [6, 6.07) is 20.4. The monoisotopic (exact) mass is 278 g/mol. The summed E-state index contributed by atoms with van der Waals surface area (Å²) in [6.45, 7) is 0. The summed E-state index contributed by atoms with van der Waals surface area (Å²) in [5.74, 6) is 0.621. The van der Waals surface area contributed by atoms with Gasteiger partial charge in [0.2, 0.25) is 0 Å². The van der Waals surface area contributed by atoms with Crippen LogP contribution in [0.3, 0.4) is 0 Å². The summed E-state index contributed by atoms with van der Waals surface area (Å²) in [5.41, 5.74) is 0.410. The first-order chi connectivity index (χ1) is 10.3. The standard InChI is InChI=1S/C18H14O3/c1-20-16-11-5-4-10-15(16)18(19)21-17-12-6-8-13-7-2-3-9-14(13)17/h2-12H,1H3. The van der Waals surface area contributed by atoms with Gasteiger partial charge in [0.25, 0.3) is 0 Å². The average molecular weight is 278 g/mol. The van der Waals surface area contributed by atoms with Gasteiger partial charge in [0.1, 0.15) is 17.1 Å². The van der Waals surface area contributed by atoms with Crippen LogP contribution in [0.15, 0.2) is 66.7 Å². The van der Waals surface area contributed by atoms with Crippen molar-refractivity contribution >= 4 is 16.7 Å². The molecule has 0 aromatic heterocycles. The maximum atomic E-state index is 12.3. The molecule has 3 nitrogen and oxygen atoms in total. The summed E-state index contributed by atoms with van der Waals surface area (Å²) in [6.07, 6.45) is 0. The molecule has 0 saturated carbocycles. The van der Waals surface area contributed by atoms with Gasteiger partial charge in [-0.05, 0) is 23.6 Å². The van der Waals surface area contributed by atoms with Gasteiger partial charge in [0.15, 0.2) is 0 Å². The van der Waals surface area contributed by atoms with Gasteiger partial charge in [-0.25, -0.2) is 4.79 Å². The molecule has 0 aliphatic carbocycles. The lowest BCUT2D eigenvalue weighted by molar-refractivity contribution is 0.0733. The van der Waals surface area contributed by atoms with Gasteiger partial charge in [-0.1, -0.05) is 48.5 Å². The van der Waals surface area contributed by atoms with E-state index in [0.717, 1.165) is 10.8 Å². The molecule has 0 unspecified atom stereocenters. The number of carbonyl (C=O) groups excluding carboxylic acids is 1. The number of para-hydroxylation sites is 1. The van der Waals surface area contributed by atoms with Gasteiger partial charge < -0.3 is 9.47 Å². The summed E-state index contributed by atoms with van der Waals surface area (Å²) in [7, 11) is 1.53. The Kier molecular flexibility index (Phi) is 3.56. The highest BCUT2D eigenvalue weighted by atomic mass is 16.5. The van der Waals surface area contributed by atoms with E-state index in [1.165, 1.54) is 7.11 Å². The predicted molar refractivity (Wildman–Crippen MR) is 81.9 cm³/mol. The Labute approximate surface area is 122 Å². The minimum Gasteiger partial charge on any atom is -0.496 e. The SMILES string of the molecule is COc1ccccc1C(=O)Oc1cccc2ccccc12. The van der Waals surface area contributed by atoms with E-state index in [1.807, 2.05) is 42.5 Å². The maximum absolute atomic E-state index is 12.3.